The van der Waals surface area contributed by atoms with Crippen molar-refractivity contribution >= 4 is 11.6 Å². The second-order valence-corrected chi connectivity index (χ2v) is 7.61. The molecule has 1 heterocycles. The number of fused-ring (bicyclic) bond motifs is 2. The lowest BCUT2D eigenvalue weighted by molar-refractivity contribution is -0.117. The van der Waals surface area contributed by atoms with E-state index >= 15 is 0 Å². The Balaban J connectivity index is 1.65. The molecule has 2 bridgehead atoms. The Labute approximate surface area is 127 Å². The van der Waals surface area contributed by atoms with Crippen LogP contribution in [0, 0.1) is 5.92 Å². The molecule has 0 spiro atoms. The molecule has 3 nitrogen and oxygen atoms in total. The van der Waals surface area contributed by atoms with Gasteiger partial charge >= 0.3 is 0 Å². The zero-order chi connectivity index (χ0) is 15.0. The molecule has 21 heavy (non-hydrogen) atoms. The molecule has 1 aliphatic carbocycles. The number of rotatable bonds is 3. The lowest BCUT2D eigenvalue weighted by atomic mass is 9.86. The molecular weight excluding hydrogens is 260 g/mol. The number of para-hydroxylation sites is 1. The highest BCUT2D eigenvalue weighted by molar-refractivity contribution is 5.93. The summed E-state index contributed by atoms with van der Waals surface area (Å²) in [6, 6.07) is 8.79. The van der Waals surface area contributed by atoms with Gasteiger partial charge in [0.2, 0.25) is 5.91 Å². The molecule has 1 amide bonds. The van der Waals surface area contributed by atoms with Crippen LogP contribution >= 0.6 is 0 Å². The van der Waals surface area contributed by atoms with Crippen LogP contribution in [0.3, 0.4) is 0 Å². The van der Waals surface area contributed by atoms with Crippen molar-refractivity contribution in [2.75, 3.05) is 18.4 Å². The van der Waals surface area contributed by atoms with Gasteiger partial charge in [0.15, 0.2) is 0 Å². The second-order valence-electron chi connectivity index (χ2n) is 7.61. The third-order valence-electron chi connectivity index (χ3n) is 4.88. The Morgan fingerprint density at radius 1 is 1.29 bits per heavy atom. The number of anilines is 1. The molecule has 2 atom stereocenters. The third-order valence-corrected chi connectivity index (χ3v) is 4.88. The molecular formula is C18H26N2O. The van der Waals surface area contributed by atoms with Crippen molar-refractivity contribution in [1.29, 1.82) is 0 Å². The molecule has 1 aromatic rings. The standard InChI is InChI=1S/C18H26N2O/c1-18(2,3)15-6-4-5-7-16(15)19-17(21)12-20-11-13-8-9-14(20)10-13/h4-7,13-14H,8-12H2,1-3H3,(H,19,21). The highest BCUT2D eigenvalue weighted by Crippen LogP contribution is 2.37. The number of likely N-dealkylation sites (tertiary alicyclic amines) is 1. The van der Waals surface area contributed by atoms with Crippen LogP contribution in [0.1, 0.15) is 45.6 Å². The highest BCUT2D eigenvalue weighted by atomic mass is 16.2. The molecule has 114 valence electrons. The van der Waals surface area contributed by atoms with E-state index in [2.05, 4.69) is 37.1 Å². The third kappa shape index (κ3) is 3.13. The van der Waals surface area contributed by atoms with Crippen molar-refractivity contribution in [2.45, 2.75) is 51.5 Å². The monoisotopic (exact) mass is 286 g/mol. The summed E-state index contributed by atoms with van der Waals surface area (Å²) in [5.74, 6) is 0.962. The fraction of sp³-hybridized carbons (Fsp3) is 0.611. The quantitative estimate of drug-likeness (QED) is 0.923. The lowest BCUT2D eigenvalue weighted by Crippen LogP contribution is -2.38. The van der Waals surface area contributed by atoms with Gasteiger partial charge in [-0.3, -0.25) is 9.69 Å². The van der Waals surface area contributed by atoms with Gasteiger partial charge in [-0.1, -0.05) is 39.0 Å². The zero-order valence-corrected chi connectivity index (χ0v) is 13.4. The van der Waals surface area contributed by atoms with Crippen molar-refractivity contribution in [3.63, 3.8) is 0 Å². The van der Waals surface area contributed by atoms with Crippen LogP contribution in [0.5, 0.6) is 0 Å². The summed E-state index contributed by atoms with van der Waals surface area (Å²) in [5.41, 5.74) is 2.19. The molecule has 1 aromatic carbocycles. The van der Waals surface area contributed by atoms with Crippen LogP contribution < -0.4 is 5.32 Å². The first kappa shape index (κ1) is 14.6. The van der Waals surface area contributed by atoms with Crippen LogP contribution in [0.2, 0.25) is 0 Å². The number of nitrogens with one attached hydrogen (secondary N) is 1. The van der Waals surface area contributed by atoms with Crippen molar-refractivity contribution < 1.29 is 4.79 Å². The first-order chi connectivity index (χ1) is 9.93. The maximum atomic E-state index is 12.4. The molecule has 3 rings (SSSR count). The molecule has 1 N–H and O–H groups in total. The summed E-state index contributed by atoms with van der Waals surface area (Å²) in [6.07, 6.45) is 3.93. The predicted molar refractivity (Wildman–Crippen MR) is 86.5 cm³/mol. The average molecular weight is 286 g/mol. The van der Waals surface area contributed by atoms with Crippen LogP contribution in [-0.2, 0) is 10.2 Å². The fourth-order valence-electron chi connectivity index (χ4n) is 3.84. The number of hydrogen-bond donors (Lipinski definition) is 1. The molecule has 1 saturated carbocycles. The van der Waals surface area contributed by atoms with E-state index in [0.717, 1.165) is 18.2 Å². The van der Waals surface area contributed by atoms with E-state index in [1.807, 2.05) is 18.2 Å². The maximum absolute atomic E-state index is 12.4. The fourth-order valence-corrected chi connectivity index (χ4v) is 3.84. The van der Waals surface area contributed by atoms with E-state index in [-0.39, 0.29) is 11.3 Å². The summed E-state index contributed by atoms with van der Waals surface area (Å²) >= 11 is 0. The minimum absolute atomic E-state index is 0.0383. The largest absolute Gasteiger partial charge is 0.325 e. The van der Waals surface area contributed by atoms with Crippen LogP contribution in [-0.4, -0.2) is 29.9 Å². The molecule has 1 saturated heterocycles. The molecule has 2 fully saturated rings. The van der Waals surface area contributed by atoms with Crippen molar-refractivity contribution in [1.82, 2.24) is 4.90 Å². The highest BCUT2D eigenvalue weighted by Gasteiger charge is 2.38. The maximum Gasteiger partial charge on any atom is 0.238 e. The van der Waals surface area contributed by atoms with Gasteiger partial charge < -0.3 is 5.32 Å². The number of piperidine rings is 1. The first-order valence-corrected chi connectivity index (χ1v) is 8.07. The van der Waals surface area contributed by atoms with E-state index < -0.39 is 0 Å². The van der Waals surface area contributed by atoms with E-state index in [0.29, 0.717) is 12.6 Å². The average Bonchev–Trinajstić information content (AvgIpc) is 3.00. The van der Waals surface area contributed by atoms with Crippen LogP contribution in [0.15, 0.2) is 24.3 Å². The normalized spacial score (nSPS) is 25.3. The van der Waals surface area contributed by atoms with Crippen molar-refractivity contribution in [3.8, 4) is 0 Å². The number of carbonyl (C=O) groups excluding carboxylic acids is 1. The smallest absolute Gasteiger partial charge is 0.238 e. The van der Waals surface area contributed by atoms with Gasteiger partial charge in [0, 0.05) is 18.3 Å². The molecule has 2 aliphatic rings. The SMILES string of the molecule is CC(C)(C)c1ccccc1NC(=O)CN1CC2CCC1C2. The van der Waals surface area contributed by atoms with Crippen LogP contribution in [0.4, 0.5) is 5.69 Å². The summed E-state index contributed by atoms with van der Waals surface area (Å²) in [5, 5.41) is 3.12. The summed E-state index contributed by atoms with van der Waals surface area (Å²) in [6.45, 7) is 8.19. The van der Waals surface area contributed by atoms with E-state index in [9.17, 15) is 4.79 Å². The Bertz CT molecular complexity index is 532. The van der Waals surface area contributed by atoms with Gasteiger partial charge in [-0.05, 0) is 42.2 Å². The van der Waals surface area contributed by atoms with Gasteiger partial charge in [-0.15, -0.1) is 0 Å². The lowest BCUT2D eigenvalue weighted by Gasteiger charge is -2.27. The van der Waals surface area contributed by atoms with Gasteiger partial charge in [-0.25, -0.2) is 0 Å². The van der Waals surface area contributed by atoms with Gasteiger partial charge in [-0.2, -0.15) is 0 Å². The predicted octanol–water partition coefficient (Wildman–Crippen LogP) is 3.41. The second kappa shape index (κ2) is 5.45. The number of benzene rings is 1. The topological polar surface area (TPSA) is 32.3 Å². The Morgan fingerprint density at radius 2 is 2.05 bits per heavy atom. The van der Waals surface area contributed by atoms with Gasteiger partial charge in [0.1, 0.15) is 0 Å². The number of carbonyl (C=O) groups is 1. The summed E-state index contributed by atoms with van der Waals surface area (Å²) in [7, 11) is 0. The Hall–Kier alpha value is -1.35. The minimum Gasteiger partial charge on any atom is -0.325 e. The summed E-state index contributed by atoms with van der Waals surface area (Å²) in [4.78, 5) is 14.7. The van der Waals surface area contributed by atoms with Gasteiger partial charge in [0.25, 0.3) is 0 Å². The van der Waals surface area contributed by atoms with Gasteiger partial charge in [0.05, 0.1) is 6.54 Å². The molecule has 1 aliphatic heterocycles. The van der Waals surface area contributed by atoms with Crippen molar-refractivity contribution in [2.24, 2.45) is 5.92 Å². The number of amides is 1. The Kier molecular flexibility index (Phi) is 3.78. The molecule has 3 heteroatoms. The first-order valence-electron chi connectivity index (χ1n) is 8.07. The molecule has 0 aromatic heterocycles. The molecule has 2 unspecified atom stereocenters. The molecule has 0 radical (unpaired) electrons. The van der Waals surface area contributed by atoms with E-state index in [1.54, 1.807) is 0 Å². The zero-order valence-electron chi connectivity index (χ0n) is 13.4. The number of nitrogens with zero attached hydrogens (tertiary/aromatic N) is 1. The van der Waals surface area contributed by atoms with Crippen molar-refractivity contribution in [3.05, 3.63) is 29.8 Å². The van der Waals surface area contributed by atoms with E-state index in [1.165, 1.54) is 24.8 Å². The Morgan fingerprint density at radius 3 is 2.67 bits per heavy atom. The van der Waals surface area contributed by atoms with E-state index in [4.69, 9.17) is 0 Å². The minimum atomic E-state index is 0.0383. The summed E-state index contributed by atoms with van der Waals surface area (Å²) < 4.78 is 0. The van der Waals surface area contributed by atoms with Crippen LogP contribution in [0.25, 0.3) is 0 Å². The number of hydrogen-bond acceptors (Lipinski definition) is 2.